The Morgan fingerprint density at radius 1 is 1.05 bits per heavy atom. The number of likely N-dealkylation sites (tertiary alicyclic amines) is 1. The molecule has 226 valence electrons. The minimum atomic E-state index is -4.33. The lowest BCUT2D eigenvalue weighted by Gasteiger charge is -2.73. The lowest BCUT2D eigenvalue weighted by atomic mass is 9.38. The van der Waals surface area contributed by atoms with Crippen LogP contribution in [0.15, 0.2) is 58.4 Å². The van der Waals surface area contributed by atoms with E-state index in [1.165, 1.54) is 28.6 Å². The molecular weight excluding hydrogens is 603 g/mol. The van der Waals surface area contributed by atoms with Crippen molar-refractivity contribution in [3.05, 3.63) is 64.9 Å². The number of rotatable bonds is 7. The van der Waals surface area contributed by atoms with Crippen molar-refractivity contribution in [2.45, 2.75) is 73.5 Å². The highest BCUT2D eigenvalue weighted by atomic mass is 35.5. The van der Waals surface area contributed by atoms with Crippen LogP contribution in [0.4, 0.5) is 22.0 Å². The van der Waals surface area contributed by atoms with E-state index in [-0.39, 0.29) is 16.5 Å². The molecule has 1 amide bonds. The normalized spacial score (nSPS) is 30.4. The maximum Gasteiger partial charge on any atom is 0.329 e. The second-order valence-electron chi connectivity index (χ2n) is 12.4. The molecular formula is C28H28ClF5N4O3S. The predicted molar refractivity (Wildman–Crippen MR) is 145 cm³/mol. The molecule has 1 N–H and O–H groups in total. The molecule has 3 saturated carbocycles. The van der Waals surface area contributed by atoms with Gasteiger partial charge in [-0.3, -0.25) is 9.79 Å². The van der Waals surface area contributed by atoms with Gasteiger partial charge in [-0.05, 0) is 62.9 Å². The third-order valence-electron chi connectivity index (χ3n) is 8.92. The van der Waals surface area contributed by atoms with Crippen LogP contribution in [-0.2, 0) is 21.4 Å². The van der Waals surface area contributed by atoms with Gasteiger partial charge < -0.3 is 10.2 Å². The van der Waals surface area contributed by atoms with Crippen molar-refractivity contribution in [2.24, 2.45) is 10.4 Å². The first-order valence-electron chi connectivity index (χ1n) is 13.3. The Kier molecular flexibility index (Phi) is 6.36. The topological polar surface area (TPSA) is 82.1 Å². The molecule has 1 atom stereocenters. The Labute approximate surface area is 244 Å². The summed E-state index contributed by atoms with van der Waals surface area (Å²) in [5, 5.41) is 3.11. The fourth-order valence-electron chi connectivity index (χ4n) is 6.71. The van der Waals surface area contributed by atoms with E-state index in [9.17, 15) is 35.2 Å². The summed E-state index contributed by atoms with van der Waals surface area (Å²) in [5.74, 6) is -9.81. The molecule has 1 saturated heterocycles. The van der Waals surface area contributed by atoms with Gasteiger partial charge in [-0.2, -0.15) is 21.9 Å². The molecule has 42 heavy (non-hydrogen) atoms. The van der Waals surface area contributed by atoms with Gasteiger partial charge in [-0.15, -0.1) is 0 Å². The van der Waals surface area contributed by atoms with E-state index >= 15 is 0 Å². The van der Waals surface area contributed by atoms with Crippen LogP contribution < -0.4 is 5.32 Å². The van der Waals surface area contributed by atoms with E-state index in [2.05, 4.69) is 10.3 Å². The number of carbonyl (C=O) groups excluding carboxylic acids is 1. The zero-order valence-electron chi connectivity index (χ0n) is 22.7. The van der Waals surface area contributed by atoms with Crippen LogP contribution in [-0.4, -0.2) is 71.4 Å². The number of halogens is 6. The molecule has 4 fully saturated rings. The van der Waals surface area contributed by atoms with Gasteiger partial charge in [0, 0.05) is 17.5 Å². The number of sulfonamides is 1. The van der Waals surface area contributed by atoms with Crippen LogP contribution in [0.3, 0.4) is 0 Å². The molecule has 0 spiro atoms. The van der Waals surface area contributed by atoms with Crippen LogP contribution >= 0.6 is 11.6 Å². The maximum absolute atomic E-state index is 14.3. The van der Waals surface area contributed by atoms with Crippen molar-refractivity contribution >= 4 is 33.4 Å². The Bertz CT molecular complexity index is 1570. The number of hydrogen-bond acceptors (Lipinski definition) is 5. The second-order valence-corrected chi connectivity index (χ2v) is 14.7. The zero-order valence-corrected chi connectivity index (χ0v) is 24.3. The van der Waals surface area contributed by atoms with Gasteiger partial charge >= 0.3 is 11.8 Å². The average Bonchev–Trinajstić information content (AvgIpc) is 3.29. The summed E-state index contributed by atoms with van der Waals surface area (Å²) in [7, 11) is -4.02. The minimum Gasteiger partial charge on any atom is -0.366 e. The van der Waals surface area contributed by atoms with Crippen molar-refractivity contribution in [3.8, 4) is 0 Å². The standard InChI is InChI=1S/C28H28ClF5N4O3S/c1-24(2)21(22(39)37-15-27(31,32)28(33,34)16-37)35-23(36-24)25-12-26(13-25,14-25)38(11-17-8-9-19(29)20(30)10-17)42(40,41)18-6-4-3-5-7-18/h3-10,21H,11-16H2,1-2H3,(H,35,36)/t21-,25?,26?/m0/s1. The number of alkyl halides is 4. The van der Waals surface area contributed by atoms with Gasteiger partial charge in [0.15, 0.2) is 6.04 Å². The summed E-state index contributed by atoms with van der Waals surface area (Å²) in [6, 6.07) is 10.8. The highest BCUT2D eigenvalue weighted by Gasteiger charge is 2.75. The van der Waals surface area contributed by atoms with Crippen LogP contribution in [0.5, 0.6) is 0 Å². The van der Waals surface area contributed by atoms with Gasteiger partial charge in [-0.25, -0.2) is 12.8 Å². The number of aliphatic imine (C=N–C) groups is 1. The molecule has 2 bridgehead atoms. The Morgan fingerprint density at radius 2 is 1.64 bits per heavy atom. The molecule has 7 nitrogen and oxygen atoms in total. The van der Waals surface area contributed by atoms with E-state index in [1.807, 2.05) is 0 Å². The molecule has 3 aliphatic carbocycles. The van der Waals surface area contributed by atoms with Gasteiger partial charge in [-0.1, -0.05) is 35.9 Å². The number of hydrogen-bond donors (Lipinski definition) is 1. The smallest absolute Gasteiger partial charge is 0.329 e. The van der Waals surface area contributed by atoms with Crippen LogP contribution in [0.25, 0.3) is 0 Å². The number of carbonyl (C=O) groups is 1. The first-order chi connectivity index (χ1) is 19.4. The quantitative estimate of drug-likeness (QED) is 0.444. The van der Waals surface area contributed by atoms with E-state index in [0.29, 0.717) is 35.6 Å². The highest BCUT2D eigenvalue weighted by molar-refractivity contribution is 7.89. The van der Waals surface area contributed by atoms with Crippen LogP contribution in [0.1, 0.15) is 38.7 Å². The minimum absolute atomic E-state index is 0.0838. The Balaban J connectivity index is 1.26. The summed E-state index contributed by atoms with van der Waals surface area (Å²) in [6.45, 7) is 0.400. The van der Waals surface area contributed by atoms with E-state index < -0.39 is 69.2 Å². The van der Waals surface area contributed by atoms with E-state index in [1.54, 1.807) is 38.1 Å². The number of amidine groups is 1. The number of nitrogens with zero attached hydrogens (tertiary/aromatic N) is 3. The van der Waals surface area contributed by atoms with Gasteiger partial charge in [0.05, 0.1) is 28.5 Å². The lowest BCUT2D eigenvalue weighted by molar-refractivity contribution is -0.172. The Morgan fingerprint density at radius 3 is 2.21 bits per heavy atom. The third-order valence-corrected chi connectivity index (χ3v) is 11.2. The average molecular weight is 631 g/mol. The molecule has 2 aromatic carbocycles. The monoisotopic (exact) mass is 630 g/mol. The van der Waals surface area contributed by atoms with Gasteiger partial charge in [0.2, 0.25) is 15.9 Å². The third kappa shape index (κ3) is 4.33. The SMILES string of the molecule is CC1(C)NC(C23CC(N(Cc4ccc(Cl)c(F)c4)S(=O)(=O)c4ccccc4)(C2)C3)=N[C@H]1C(=O)N1CC(F)(F)C(F)(F)C1. The van der Waals surface area contributed by atoms with Crippen molar-refractivity contribution in [3.63, 3.8) is 0 Å². The van der Waals surface area contributed by atoms with Crippen molar-refractivity contribution < 1.29 is 35.2 Å². The molecule has 0 radical (unpaired) electrons. The molecule has 2 aliphatic heterocycles. The first kappa shape index (κ1) is 29.3. The van der Waals surface area contributed by atoms with Gasteiger partial charge in [0.1, 0.15) is 11.7 Å². The summed E-state index contributed by atoms with van der Waals surface area (Å²) < 4.78 is 98.6. The zero-order chi connectivity index (χ0) is 30.5. The fourth-order valence-corrected chi connectivity index (χ4v) is 8.60. The van der Waals surface area contributed by atoms with E-state index in [0.717, 1.165) is 0 Å². The van der Waals surface area contributed by atoms with Crippen LogP contribution in [0, 0.1) is 11.2 Å². The van der Waals surface area contributed by atoms with E-state index in [4.69, 9.17) is 11.6 Å². The molecule has 5 aliphatic rings. The van der Waals surface area contributed by atoms with Crippen molar-refractivity contribution in [1.82, 2.24) is 14.5 Å². The molecule has 14 heteroatoms. The number of amides is 1. The molecule has 0 aromatic heterocycles. The van der Waals surface area contributed by atoms with Crippen molar-refractivity contribution in [1.29, 1.82) is 0 Å². The summed E-state index contributed by atoms with van der Waals surface area (Å²) in [4.78, 5) is 18.2. The molecule has 2 heterocycles. The predicted octanol–water partition coefficient (Wildman–Crippen LogP) is 4.85. The summed E-state index contributed by atoms with van der Waals surface area (Å²) in [6.07, 6.45) is 1.06. The highest BCUT2D eigenvalue weighted by Crippen LogP contribution is 2.71. The largest absolute Gasteiger partial charge is 0.366 e. The lowest BCUT2D eigenvalue weighted by Crippen LogP contribution is -2.78. The van der Waals surface area contributed by atoms with Crippen molar-refractivity contribution in [2.75, 3.05) is 13.1 Å². The number of benzene rings is 2. The maximum atomic E-state index is 14.3. The fraction of sp³-hybridized carbons (Fsp3) is 0.500. The molecule has 2 aromatic rings. The molecule has 0 unspecified atom stereocenters. The molecule has 7 rings (SSSR count). The van der Waals surface area contributed by atoms with Gasteiger partial charge in [0.25, 0.3) is 0 Å². The summed E-state index contributed by atoms with van der Waals surface area (Å²) >= 11 is 5.83. The number of nitrogens with one attached hydrogen (secondary N) is 1. The second kappa shape index (κ2) is 9.12. The Hall–Kier alpha value is -2.77. The summed E-state index contributed by atoms with van der Waals surface area (Å²) in [5.41, 5.74) is -2.03. The van der Waals surface area contributed by atoms with Crippen LogP contribution in [0.2, 0.25) is 5.02 Å². The first-order valence-corrected chi connectivity index (χ1v) is 15.2.